The van der Waals surface area contributed by atoms with E-state index in [-0.39, 0.29) is 11.6 Å². The van der Waals surface area contributed by atoms with E-state index in [2.05, 4.69) is 15.5 Å². The molecule has 0 fully saturated rings. The van der Waals surface area contributed by atoms with Crippen LogP contribution in [-0.2, 0) is 19.8 Å². The van der Waals surface area contributed by atoms with Gasteiger partial charge in [0, 0.05) is 18.3 Å². The lowest BCUT2D eigenvalue weighted by Crippen LogP contribution is -2.23. The number of hydrogen-bond donors (Lipinski definition) is 0. The molecule has 0 spiro atoms. The summed E-state index contributed by atoms with van der Waals surface area (Å²) in [6, 6.07) is 10.9. The molecule has 12 heteroatoms. The molecule has 0 aliphatic carbocycles. The van der Waals surface area contributed by atoms with Crippen molar-refractivity contribution in [1.29, 1.82) is 0 Å². The molecule has 2 heterocycles. The van der Waals surface area contributed by atoms with E-state index >= 15 is 0 Å². The summed E-state index contributed by atoms with van der Waals surface area (Å²) < 4.78 is 48.2. The van der Waals surface area contributed by atoms with Crippen LogP contribution in [0.25, 0.3) is 11.4 Å². The third kappa shape index (κ3) is 4.36. The van der Waals surface area contributed by atoms with E-state index in [0.717, 1.165) is 16.3 Å². The predicted molar refractivity (Wildman–Crippen MR) is 114 cm³/mol. The lowest BCUT2D eigenvalue weighted by molar-refractivity contribution is -0.141. The number of aromatic nitrogens is 6. The summed E-state index contributed by atoms with van der Waals surface area (Å²) in [7, 11) is 1.50. The number of aryl methyl sites for hydroxylation is 3. The number of tetrazole rings is 1. The first kappa shape index (κ1) is 22.6. The van der Waals surface area contributed by atoms with Gasteiger partial charge in [-0.15, -0.1) is 0 Å². The first-order valence-electron chi connectivity index (χ1n) is 9.70. The Labute approximate surface area is 190 Å². The van der Waals surface area contributed by atoms with Crippen molar-refractivity contribution in [3.05, 3.63) is 80.5 Å². The Morgan fingerprint density at radius 1 is 1.06 bits per heavy atom. The molecule has 8 nitrogen and oxygen atoms in total. The van der Waals surface area contributed by atoms with Crippen LogP contribution in [0.1, 0.15) is 22.5 Å². The summed E-state index contributed by atoms with van der Waals surface area (Å²) in [6.07, 6.45) is -4.54. The Bertz CT molecular complexity index is 1390. The highest BCUT2D eigenvalue weighted by Gasteiger charge is 2.34. The van der Waals surface area contributed by atoms with E-state index in [1.54, 1.807) is 24.3 Å². The van der Waals surface area contributed by atoms with Crippen molar-refractivity contribution in [2.75, 3.05) is 0 Å². The predicted octanol–water partition coefficient (Wildman–Crippen LogP) is 4.02. The fourth-order valence-electron chi connectivity index (χ4n) is 3.30. The monoisotopic (exact) mass is 478 g/mol. The number of nitrogens with zero attached hydrogens (tertiary/aromatic N) is 6. The van der Waals surface area contributed by atoms with Gasteiger partial charge < -0.3 is 4.74 Å². The van der Waals surface area contributed by atoms with Crippen LogP contribution in [0, 0.1) is 13.8 Å². The molecule has 2 aromatic carbocycles. The van der Waals surface area contributed by atoms with Crippen LogP contribution in [-0.4, -0.2) is 29.6 Å². The van der Waals surface area contributed by atoms with E-state index in [1.165, 1.54) is 29.4 Å². The topological polar surface area (TPSA) is 79.8 Å². The van der Waals surface area contributed by atoms with Crippen molar-refractivity contribution in [1.82, 2.24) is 29.6 Å². The second kappa shape index (κ2) is 8.39. The molecule has 0 radical (unpaired) electrons. The molecule has 0 atom stereocenters. The Balaban J connectivity index is 1.61. The lowest BCUT2D eigenvalue weighted by atomic mass is 10.1. The molecule has 0 aliphatic rings. The second-order valence-electron chi connectivity index (χ2n) is 7.35. The summed E-state index contributed by atoms with van der Waals surface area (Å²) in [6.45, 7) is 3.46. The molecule has 33 heavy (non-hydrogen) atoms. The highest BCUT2D eigenvalue weighted by Crippen LogP contribution is 2.32. The minimum Gasteiger partial charge on any atom is -0.487 e. The molecule has 0 bridgehead atoms. The highest BCUT2D eigenvalue weighted by atomic mass is 35.5. The average molecular weight is 479 g/mol. The van der Waals surface area contributed by atoms with Gasteiger partial charge in [0.05, 0.1) is 16.4 Å². The van der Waals surface area contributed by atoms with E-state index in [0.29, 0.717) is 28.4 Å². The number of benzene rings is 2. The molecule has 4 rings (SSSR count). The third-order valence-electron chi connectivity index (χ3n) is 5.05. The fourth-order valence-corrected chi connectivity index (χ4v) is 3.53. The van der Waals surface area contributed by atoms with Gasteiger partial charge in [0.25, 0.3) is 0 Å². The molecule has 0 N–H and O–H groups in total. The standard InChI is InChI=1S/C21H18ClF3N6O2/c1-12-5-4-6-17(31-20(32)29(3)27-28-31)15(12)11-33-18-8-7-14(10-16(18)22)30-13(2)9-19(26-30)21(23,24)25/h4-10H,11H2,1-3H3. The molecule has 4 aromatic rings. The summed E-state index contributed by atoms with van der Waals surface area (Å²) in [5.74, 6) is 0.321. The van der Waals surface area contributed by atoms with Crippen LogP contribution in [0.15, 0.2) is 47.3 Å². The summed E-state index contributed by atoms with van der Waals surface area (Å²) in [5.41, 5.74) is 1.38. The zero-order valence-corrected chi connectivity index (χ0v) is 18.5. The van der Waals surface area contributed by atoms with Gasteiger partial charge in [-0.1, -0.05) is 23.7 Å². The maximum absolute atomic E-state index is 13.0. The van der Waals surface area contributed by atoms with Crippen LogP contribution in [0.5, 0.6) is 5.75 Å². The van der Waals surface area contributed by atoms with Gasteiger partial charge in [-0.3, -0.25) is 0 Å². The van der Waals surface area contributed by atoms with Crippen LogP contribution >= 0.6 is 11.6 Å². The normalized spacial score (nSPS) is 11.7. The summed E-state index contributed by atoms with van der Waals surface area (Å²) in [4.78, 5) is 12.3. The Hall–Kier alpha value is -3.60. The smallest absolute Gasteiger partial charge is 0.435 e. The van der Waals surface area contributed by atoms with E-state index in [9.17, 15) is 18.0 Å². The van der Waals surface area contributed by atoms with Gasteiger partial charge in [0.1, 0.15) is 12.4 Å². The van der Waals surface area contributed by atoms with E-state index < -0.39 is 17.6 Å². The van der Waals surface area contributed by atoms with Crippen molar-refractivity contribution in [3.63, 3.8) is 0 Å². The highest BCUT2D eigenvalue weighted by molar-refractivity contribution is 6.32. The minimum atomic E-state index is -4.54. The van der Waals surface area contributed by atoms with Crippen molar-refractivity contribution in [2.45, 2.75) is 26.6 Å². The lowest BCUT2D eigenvalue weighted by Gasteiger charge is -2.14. The third-order valence-corrected chi connectivity index (χ3v) is 5.34. The van der Waals surface area contributed by atoms with Crippen molar-refractivity contribution < 1.29 is 17.9 Å². The van der Waals surface area contributed by atoms with Crippen LogP contribution in [0.3, 0.4) is 0 Å². The van der Waals surface area contributed by atoms with Crippen LogP contribution in [0.4, 0.5) is 13.2 Å². The molecule has 0 amide bonds. The number of rotatable bonds is 5. The minimum absolute atomic E-state index is 0.0725. The number of hydrogen-bond acceptors (Lipinski definition) is 5. The SMILES string of the molecule is Cc1cccc(-n2nnn(C)c2=O)c1COc1ccc(-n2nc(C(F)(F)F)cc2C)cc1Cl. The van der Waals surface area contributed by atoms with Gasteiger partial charge >= 0.3 is 11.9 Å². The zero-order valence-electron chi connectivity index (χ0n) is 17.8. The maximum atomic E-state index is 13.0. The van der Waals surface area contributed by atoms with Gasteiger partial charge in [-0.05, 0) is 60.2 Å². The Morgan fingerprint density at radius 2 is 1.82 bits per heavy atom. The largest absolute Gasteiger partial charge is 0.487 e. The Morgan fingerprint density at radius 3 is 2.42 bits per heavy atom. The fraction of sp³-hybridized carbons (Fsp3) is 0.238. The van der Waals surface area contributed by atoms with Crippen LogP contribution < -0.4 is 10.4 Å². The first-order chi connectivity index (χ1) is 15.6. The quantitative estimate of drug-likeness (QED) is 0.433. The number of alkyl halides is 3. The van der Waals surface area contributed by atoms with E-state index in [4.69, 9.17) is 16.3 Å². The van der Waals surface area contributed by atoms with Gasteiger partial charge in [-0.2, -0.15) is 27.6 Å². The molecular formula is C21H18ClF3N6O2. The Kier molecular flexibility index (Phi) is 5.75. The van der Waals surface area contributed by atoms with Gasteiger partial charge in [-0.25, -0.2) is 9.48 Å². The molecule has 0 saturated carbocycles. The van der Waals surface area contributed by atoms with Crippen molar-refractivity contribution >= 4 is 11.6 Å². The first-order valence-corrected chi connectivity index (χ1v) is 10.1. The van der Waals surface area contributed by atoms with Crippen molar-refractivity contribution in [3.8, 4) is 17.1 Å². The summed E-state index contributed by atoms with van der Waals surface area (Å²) >= 11 is 6.35. The average Bonchev–Trinajstić information content (AvgIpc) is 3.30. The zero-order chi connectivity index (χ0) is 23.9. The molecule has 0 saturated heterocycles. The summed E-state index contributed by atoms with van der Waals surface area (Å²) in [5, 5.41) is 11.4. The molecule has 2 aromatic heterocycles. The molecule has 172 valence electrons. The van der Waals surface area contributed by atoms with E-state index in [1.807, 2.05) is 13.0 Å². The number of halogens is 4. The van der Waals surface area contributed by atoms with Crippen LogP contribution in [0.2, 0.25) is 5.02 Å². The maximum Gasteiger partial charge on any atom is 0.435 e. The number of ether oxygens (including phenoxy) is 1. The van der Waals surface area contributed by atoms with Gasteiger partial charge in [0.15, 0.2) is 5.69 Å². The molecule has 0 aliphatic heterocycles. The second-order valence-corrected chi connectivity index (χ2v) is 7.76. The van der Waals surface area contributed by atoms with Crippen molar-refractivity contribution in [2.24, 2.45) is 7.05 Å². The molecule has 0 unspecified atom stereocenters. The molecular weight excluding hydrogens is 461 g/mol. The van der Waals surface area contributed by atoms with Gasteiger partial charge in [0.2, 0.25) is 0 Å².